The molecule has 1 amide bonds. The molecule has 0 spiro atoms. The summed E-state index contributed by atoms with van der Waals surface area (Å²) in [6.07, 6.45) is 0.159. The number of benzene rings is 1. The fourth-order valence-corrected chi connectivity index (χ4v) is 4.63. The van der Waals surface area contributed by atoms with E-state index in [1.54, 1.807) is 29.6 Å². The number of carbonyl (C=O) groups is 1. The monoisotopic (exact) mass is 514 g/mol. The largest absolute Gasteiger partial charge is 0.493 e. The van der Waals surface area contributed by atoms with Gasteiger partial charge >= 0.3 is 6.18 Å². The number of ether oxygens (including phenoxy) is 1. The zero-order valence-electron chi connectivity index (χ0n) is 21.0. The number of aromatic nitrogens is 3. The highest BCUT2D eigenvalue weighted by Gasteiger charge is 2.35. The van der Waals surface area contributed by atoms with Crippen LogP contribution in [0.5, 0.6) is 5.75 Å². The number of hydrogen-bond acceptors (Lipinski definition) is 6. The van der Waals surface area contributed by atoms with E-state index in [0.29, 0.717) is 24.0 Å². The van der Waals surface area contributed by atoms with Gasteiger partial charge in [0.15, 0.2) is 5.69 Å². The Morgan fingerprint density at radius 1 is 1.27 bits per heavy atom. The molecule has 0 bridgehead atoms. The van der Waals surface area contributed by atoms with Gasteiger partial charge in [-0.25, -0.2) is 9.97 Å². The van der Waals surface area contributed by atoms with Crippen LogP contribution in [0.1, 0.15) is 36.9 Å². The molecular weight excluding hydrogens is 485 g/mol. The average Bonchev–Trinajstić information content (AvgIpc) is 3.25. The lowest BCUT2D eigenvalue weighted by Gasteiger charge is -2.34. The van der Waals surface area contributed by atoms with Crippen molar-refractivity contribution in [2.45, 2.75) is 37.9 Å². The second kappa shape index (κ2) is 10.8. The van der Waals surface area contributed by atoms with Gasteiger partial charge < -0.3 is 14.2 Å². The molecule has 1 aliphatic rings. The Morgan fingerprint density at radius 3 is 2.76 bits per heavy atom. The Kier molecular flexibility index (Phi) is 7.68. The number of halogens is 3. The van der Waals surface area contributed by atoms with Gasteiger partial charge in [-0.15, -0.1) is 0 Å². The Labute approximate surface area is 213 Å². The molecule has 0 unspecified atom stereocenters. The molecule has 11 heteroatoms. The summed E-state index contributed by atoms with van der Waals surface area (Å²) in [6, 6.07) is 7.16. The van der Waals surface area contributed by atoms with E-state index in [0.717, 1.165) is 31.9 Å². The van der Waals surface area contributed by atoms with Crippen LogP contribution in [0.3, 0.4) is 0 Å². The molecule has 37 heavy (non-hydrogen) atoms. The first-order valence-corrected chi connectivity index (χ1v) is 12.1. The number of likely N-dealkylation sites (tertiary alicyclic amines) is 1. The van der Waals surface area contributed by atoms with E-state index < -0.39 is 11.7 Å². The Bertz CT molecular complexity index is 1330. The molecule has 196 valence electrons. The quantitative estimate of drug-likeness (QED) is 0.439. The minimum absolute atomic E-state index is 0.0252. The molecule has 2 aromatic heterocycles. The highest BCUT2D eigenvalue weighted by molar-refractivity contribution is 5.84. The maximum absolute atomic E-state index is 13.9. The van der Waals surface area contributed by atoms with Crippen LogP contribution in [0.4, 0.5) is 13.2 Å². The highest BCUT2D eigenvalue weighted by atomic mass is 19.4. The number of nitriles is 1. The van der Waals surface area contributed by atoms with Gasteiger partial charge in [-0.2, -0.15) is 18.4 Å². The summed E-state index contributed by atoms with van der Waals surface area (Å²) in [5.74, 6) is -0.267. The van der Waals surface area contributed by atoms with Crippen LogP contribution in [-0.4, -0.2) is 70.1 Å². The first-order chi connectivity index (χ1) is 17.6. The number of alkyl halides is 3. The molecule has 3 aromatic rings. The SMILES string of the molecule is CN(CCCOc1ccc(-c2cc3c(ncn3C)c(C#N)n2)cc1C(F)(F)F)C(=O)[C@@H]1CCCCN1C. The fourth-order valence-electron chi connectivity index (χ4n) is 4.63. The van der Waals surface area contributed by atoms with E-state index in [-0.39, 0.29) is 41.3 Å². The number of imidazole rings is 1. The van der Waals surface area contributed by atoms with E-state index in [9.17, 15) is 23.2 Å². The van der Waals surface area contributed by atoms with Crippen LogP contribution in [0.2, 0.25) is 0 Å². The first-order valence-electron chi connectivity index (χ1n) is 12.1. The molecule has 1 aliphatic heterocycles. The number of carbonyl (C=O) groups excluding carboxylic acids is 1. The maximum atomic E-state index is 13.9. The van der Waals surface area contributed by atoms with Crippen molar-refractivity contribution in [3.05, 3.63) is 41.9 Å². The number of fused-ring (bicyclic) bond motifs is 1. The molecule has 3 heterocycles. The van der Waals surface area contributed by atoms with Gasteiger partial charge in [0.1, 0.15) is 17.3 Å². The number of piperidine rings is 1. The molecule has 4 rings (SSSR count). The van der Waals surface area contributed by atoms with E-state index in [4.69, 9.17) is 4.74 Å². The lowest BCUT2D eigenvalue weighted by Crippen LogP contribution is -2.48. The standard InChI is InChI=1S/C26H29F3N6O2/c1-33-10-5-4-7-21(33)25(36)34(2)11-6-12-37-23-9-8-17(13-18(23)26(27,28)29)19-14-22-24(20(15-30)32-19)31-16-35(22)3/h8-9,13-14,16,21H,4-7,10-12H2,1-3H3/t21-/m0/s1. The van der Waals surface area contributed by atoms with E-state index >= 15 is 0 Å². The van der Waals surface area contributed by atoms with Gasteiger partial charge in [-0.05, 0) is 57.1 Å². The third-order valence-electron chi connectivity index (χ3n) is 6.73. The summed E-state index contributed by atoms with van der Waals surface area (Å²) in [5, 5.41) is 9.44. The lowest BCUT2D eigenvalue weighted by molar-refractivity contribution is -0.138. The summed E-state index contributed by atoms with van der Waals surface area (Å²) in [4.78, 5) is 24.8. The van der Waals surface area contributed by atoms with Gasteiger partial charge in [-0.1, -0.05) is 6.42 Å². The molecule has 0 aliphatic carbocycles. The number of likely N-dealkylation sites (N-methyl/N-ethyl adjacent to an activating group) is 2. The van der Waals surface area contributed by atoms with E-state index in [1.807, 2.05) is 13.1 Å². The Balaban J connectivity index is 1.47. The summed E-state index contributed by atoms with van der Waals surface area (Å²) >= 11 is 0. The molecule has 1 aromatic carbocycles. The minimum atomic E-state index is -4.65. The van der Waals surface area contributed by atoms with Gasteiger partial charge in [0.25, 0.3) is 0 Å². The highest BCUT2D eigenvalue weighted by Crippen LogP contribution is 2.39. The topological polar surface area (TPSA) is 87.3 Å². The Hall–Kier alpha value is -3.65. The fraction of sp³-hybridized carbons (Fsp3) is 0.462. The second-order valence-corrected chi connectivity index (χ2v) is 9.35. The van der Waals surface area contributed by atoms with E-state index in [1.165, 1.54) is 18.5 Å². The molecule has 0 N–H and O–H groups in total. The summed E-state index contributed by atoms with van der Waals surface area (Å²) < 4.78 is 49.0. The van der Waals surface area contributed by atoms with Crippen LogP contribution in [0, 0.1) is 11.3 Å². The summed E-state index contributed by atoms with van der Waals surface area (Å²) in [7, 11) is 5.38. The predicted molar refractivity (Wildman–Crippen MR) is 132 cm³/mol. The van der Waals surface area contributed by atoms with Crippen LogP contribution < -0.4 is 4.74 Å². The molecule has 1 saturated heterocycles. The van der Waals surface area contributed by atoms with Crippen LogP contribution in [0.15, 0.2) is 30.6 Å². The third-order valence-corrected chi connectivity index (χ3v) is 6.73. The van der Waals surface area contributed by atoms with Crippen molar-refractivity contribution in [1.82, 2.24) is 24.3 Å². The number of nitrogens with zero attached hydrogens (tertiary/aromatic N) is 6. The van der Waals surface area contributed by atoms with Crippen LogP contribution >= 0.6 is 0 Å². The zero-order valence-corrected chi connectivity index (χ0v) is 21.0. The van der Waals surface area contributed by atoms with Gasteiger partial charge in [0.05, 0.1) is 35.8 Å². The molecule has 0 saturated carbocycles. The number of pyridine rings is 1. The molecule has 1 fully saturated rings. The normalized spacial score (nSPS) is 16.5. The first kappa shape index (κ1) is 26.4. The van der Waals surface area contributed by atoms with Crippen molar-refractivity contribution in [2.24, 2.45) is 7.05 Å². The minimum Gasteiger partial charge on any atom is -0.493 e. The number of aryl methyl sites for hydroxylation is 1. The predicted octanol–water partition coefficient (Wildman–Crippen LogP) is 4.24. The van der Waals surface area contributed by atoms with Gasteiger partial charge in [0.2, 0.25) is 5.91 Å². The van der Waals surface area contributed by atoms with Crippen LogP contribution in [0.25, 0.3) is 22.3 Å². The van der Waals surface area contributed by atoms with Crippen molar-refractivity contribution >= 4 is 16.9 Å². The molecular formula is C26H29F3N6O2. The molecule has 1 atom stereocenters. The van der Waals surface area contributed by atoms with E-state index in [2.05, 4.69) is 14.9 Å². The third kappa shape index (κ3) is 5.69. The maximum Gasteiger partial charge on any atom is 0.419 e. The van der Waals surface area contributed by atoms with Gasteiger partial charge in [0, 0.05) is 26.2 Å². The Morgan fingerprint density at radius 2 is 2.05 bits per heavy atom. The lowest BCUT2D eigenvalue weighted by atomic mass is 10.0. The summed E-state index contributed by atoms with van der Waals surface area (Å²) in [6.45, 7) is 1.29. The molecule has 0 radical (unpaired) electrons. The number of rotatable bonds is 7. The van der Waals surface area contributed by atoms with Crippen molar-refractivity contribution in [2.75, 3.05) is 33.8 Å². The number of hydrogen-bond donors (Lipinski definition) is 0. The van der Waals surface area contributed by atoms with Crippen molar-refractivity contribution < 1.29 is 22.7 Å². The van der Waals surface area contributed by atoms with Crippen molar-refractivity contribution in [3.63, 3.8) is 0 Å². The van der Waals surface area contributed by atoms with Gasteiger partial charge in [-0.3, -0.25) is 9.69 Å². The molecule has 8 nitrogen and oxygen atoms in total. The second-order valence-electron chi connectivity index (χ2n) is 9.35. The van der Waals surface area contributed by atoms with Crippen molar-refractivity contribution in [3.8, 4) is 23.1 Å². The summed E-state index contributed by atoms with van der Waals surface area (Å²) in [5.41, 5.74) is 0.541. The number of amides is 1. The average molecular weight is 515 g/mol. The zero-order chi connectivity index (χ0) is 26.7. The van der Waals surface area contributed by atoms with Crippen molar-refractivity contribution in [1.29, 1.82) is 5.26 Å². The smallest absolute Gasteiger partial charge is 0.419 e. The van der Waals surface area contributed by atoms with Crippen LogP contribution in [-0.2, 0) is 18.0 Å².